The fourth-order valence-corrected chi connectivity index (χ4v) is 1.54. The van der Waals surface area contributed by atoms with Crippen LogP contribution in [0.3, 0.4) is 0 Å². The summed E-state index contributed by atoms with van der Waals surface area (Å²) in [5.41, 5.74) is 2.30. The first-order valence-corrected chi connectivity index (χ1v) is 5.10. The van der Waals surface area contributed by atoms with E-state index in [2.05, 4.69) is 19.6 Å². The summed E-state index contributed by atoms with van der Waals surface area (Å²) >= 11 is 0. The van der Waals surface area contributed by atoms with E-state index >= 15 is 0 Å². The molecule has 0 fully saturated rings. The second-order valence-electron chi connectivity index (χ2n) is 3.38. The minimum absolute atomic E-state index is 0.636. The minimum atomic E-state index is 0.636. The lowest BCUT2D eigenvalue weighted by Crippen LogP contribution is -1.93. The zero-order valence-electron chi connectivity index (χ0n) is 8.99. The first-order chi connectivity index (χ1) is 7.31. The molecule has 0 saturated heterocycles. The molecule has 1 aromatic carbocycles. The highest BCUT2D eigenvalue weighted by atomic mass is 16.5. The quantitative estimate of drug-likeness (QED) is 0.541. The number of hydrogen-bond donors (Lipinski definition) is 0. The number of nitrogens with zero attached hydrogens (tertiary/aromatic N) is 1. The summed E-state index contributed by atoms with van der Waals surface area (Å²) in [5, 5.41) is 8.49. The molecule has 78 valence electrons. The maximum absolute atomic E-state index is 8.49. The molecule has 0 radical (unpaired) electrons. The summed E-state index contributed by atoms with van der Waals surface area (Å²) in [4.78, 5) is 0. The normalized spacial score (nSPS) is 9.33. The van der Waals surface area contributed by atoms with Gasteiger partial charge in [0.15, 0.2) is 0 Å². The number of nitriles is 1. The predicted molar refractivity (Wildman–Crippen MR) is 60.6 cm³/mol. The summed E-state index contributed by atoms with van der Waals surface area (Å²) in [7, 11) is 0. The van der Waals surface area contributed by atoms with Crippen LogP contribution in [0.5, 0.6) is 5.75 Å². The Bertz CT molecular complexity index is 377. The molecule has 1 rings (SSSR count). The molecule has 0 saturated carbocycles. The lowest BCUT2D eigenvalue weighted by Gasteiger charge is -2.06. The third-order valence-electron chi connectivity index (χ3n) is 2.18. The molecule has 0 N–H and O–H groups in total. The molecule has 0 amide bonds. The molecule has 0 bridgehead atoms. The summed E-state index contributed by atoms with van der Waals surface area (Å²) < 4.78 is 4.88. The van der Waals surface area contributed by atoms with Crippen LogP contribution in [0.2, 0.25) is 0 Å². The molecule has 0 aliphatic carbocycles. The number of rotatable bonds is 5. The van der Waals surface area contributed by atoms with Gasteiger partial charge in [0.25, 0.3) is 6.26 Å². The third kappa shape index (κ3) is 3.14. The molecule has 0 aromatic heterocycles. The van der Waals surface area contributed by atoms with Gasteiger partial charge in [-0.25, -0.2) is 0 Å². The van der Waals surface area contributed by atoms with Gasteiger partial charge in [-0.05, 0) is 30.0 Å². The molecule has 2 nitrogen and oxygen atoms in total. The molecule has 0 unspecified atom stereocenters. The molecule has 0 aliphatic rings. The van der Waals surface area contributed by atoms with Gasteiger partial charge in [-0.2, -0.15) is 0 Å². The van der Waals surface area contributed by atoms with Crippen molar-refractivity contribution in [2.75, 3.05) is 0 Å². The van der Waals surface area contributed by atoms with Gasteiger partial charge in [0.05, 0.1) is 0 Å². The van der Waals surface area contributed by atoms with E-state index in [4.69, 9.17) is 10.00 Å². The van der Waals surface area contributed by atoms with Crippen LogP contribution in [0.25, 0.3) is 0 Å². The van der Waals surface area contributed by atoms with Crippen LogP contribution in [0.15, 0.2) is 30.9 Å². The number of hydrogen-bond acceptors (Lipinski definition) is 2. The number of aryl methyl sites for hydroxylation is 1. The van der Waals surface area contributed by atoms with E-state index in [1.54, 1.807) is 6.26 Å². The predicted octanol–water partition coefficient (Wildman–Crippen LogP) is 3.23. The number of benzene rings is 1. The Morgan fingerprint density at radius 1 is 1.53 bits per heavy atom. The van der Waals surface area contributed by atoms with Gasteiger partial charge in [-0.15, -0.1) is 11.8 Å². The topological polar surface area (TPSA) is 33.0 Å². The maximum atomic E-state index is 8.49. The summed E-state index contributed by atoms with van der Waals surface area (Å²) in [6.45, 7) is 5.84. The first-order valence-electron chi connectivity index (χ1n) is 5.10. The molecule has 0 aliphatic heterocycles. The van der Waals surface area contributed by atoms with Gasteiger partial charge in [-0.1, -0.05) is 31.6 Å². The summed E-state index contributed by atoms with van der Waals surface area (Å²) in [6.07, 6.45) is 6.42. The Balaban J connectivity index is 2.98. The zero-order valence-corrected chi connectivity index (χ0v) is 8.99. The van der Waals surface area contributed by atoms with Crippen LogP contribution < -0.4 is 4.74 Å². The van der Waals surface area contributed by atoms with Gasteiger partial charge >= 0.3 is 0 Å². The van der Waals surface area contributed by atoms with Crippen LogP contribution in [-0.4, -0.2) is 0 Å². The van der Waals surface area contributed by atoms with E-state index < -0.39 is 0 Å². The van der Waals surface area contributed by atoms with Crippen molar-refractivity contribution in [1.82, 2.24) is 0 Å². The monoisotopic (exact) mass is 201 g/mol. The Morgan fingerprint density at radius 3 is 2.93 bits per heavy atom. The summed E-state index contributed by atoms with van der Waals surface area (Å²) in [6, 6.07) is 5.94. The smallest absolute Gasteiger partial charge is 0.292 e. The first kappa shape index (κ1) is 11.3. The van der Waals surface area contributed by atoms with Gasteiger partial charge in [0, 0.05) is 0 Å². The van der Waals surface area contributed by atoms with Crippen molar-refractivity contribution >= 4 is 0 Å². The zero-order chi connectivity index (χ0) is 11.1. The highest BCUT2D eigenvalue weighted by Gasteiger charge is 2.03. The number of allylic oxidation sites excluding steroid dienone is 1. The van der Waals surface area contributed by atoms with Crippen molar-refractivity contribution in [3.8, 4) is 12.0 Å². The van der Waals surface area contributed by atoms with Gasteiger partial charge < -0.3 is 4.74 Å². The highest BCUT2D eigenvalue weighted by molar-refractivity contribution is 5.39. The van der Waals surface area contributed by atoms with Crippen LogP contribution in [-0.2, 0) is 12.8 Å². The van der Waals surface area contributed by atoms with Crippen molar-refractivity contribution in [2.24, 2.45) is 0 Å². The van der Waals surface area contributed by atoms with E-state index in [-0.39, 0.29) is 0 Å². The molecule has 0 atom stereocenters. The van der Waals surface area contributed by atoms with Gasteiger partial charge in [0.2, 0.25) is 0 Å². The van der Waals surface area contributed by atoms with Crippen LogP contribution in [0.4, 0.5) is 0 Å². The fourth-order valence-electron chi connectivity index (χ4n) is 1.54. The molecule has 15 heavy (non-hydrogen) atoms. The Kier molecular flexibility index (Phi) is 4.43. The second-order valence-corrected chi connectivity index (χ2v) is 3.38. The second kappa shape index (κ2) is 5.87. The molecule has 2 heteroatoms. The van der Waals surface area contributed by atoms with Crippen LogP contribution >= 0.6 is 0 Å². The largest absolute Gasteiger partial charge is 0.388 e. The minimum Gasteiger partial charge on any atom is -0.388 e. The molecular weight excluding hydrogens is 186 g/mol. The van der Waals surface area contributed by atoms with E-state index in [0.717, 1.165) is 24.8 Å². The molecule has 1 aromatic rings. The summed E-state index contributed by atoms with van der Waals surface area (Å²) in [5.74, 6) is 0.636. The molecule has 0 heterocycles. The fraction of sp³-hybridized carbons (Fsp3) is 0.308. The lowest BCUT2D eigenvalue weighted by atomic mass is 10.0. The maximum Gasteiger partial charge on any atom is 0.292 e. The Labute approximate surface area is 90.8 Å². The lowest BCUT2D eigenvalue weighted by molar-refractivity contribution is 0.501. The standard InChI is InChI=1S/C13H15NO/c1-3-5-11-7-8-13(15-10-14)12(9-11)6-4-2/h4,7-9H,2-3,5-6H2,1H3. The average molecular weight is 201 g/mol. The van der Waals surface area contributed by atoms with Crippen LogP contribution in [0, 0.1) is 11.5 Å². The van der Waals surface area contributed by atoms with Gasteiger partial charge in [0.1, 0.15) is 5.75 Å². The average Bonchev–Trinajstić information content (AvgIpc) is 2.23. The van der Waals surface area contributed by atoms with Crippen molar-refractivity contribution in [1.29, 1.82) is 5.26 Å². The van der Waals surface area contributed by atoms with E-state index in [9.17, 15) is 0 Å². The van der Waals surface area contributed by atoms with E-state index in [1.165, 1.54) is 5.56 Å². The Morgan fingerprint density at radius 2 is 2.33 bits per heavy atom. The van der Waals surface area contributed by atoms with E-state index in [1.807, 2.05) is 18.2 Å². The Hall–Kier alpha value is -1.75. The molecular formula is C13H15NO. The van der Waals surface area contributed by atoms with Gasteiger partial charge in [-0.3, -0.25) is 0 Å². The SMILES string of the molecule is C=CCc1cc(CCC)ccc1OC#N. The van der Waals surface area contributed by atoms with Crippen molar-refractivity contribution in [2.45, 2.75) is 26.2 Å². The highest BCUT2D eigenvalue weighted by Crippen LogP contribution is 2.21. The van der Waals surface area contributed by atoms with Crippen molar-refractivity contribution in [3.63, 3.8) is 0 Å². The van der Waals surface area contributed by atoms with Crippen molar-refractivity contribution in [3.05, 3.63) is 42.0 Å². The van der Waals surface area contributed by atoms with Crippen LogP contribution in [0.1, 0.15) is 24.5 Å². The number of ether oxygens (including phenoxy) is 1. The van der Waals surface area contributed by atoms with Crippen molar-refractivity contribution < 1.29 is 4.74 Å². The third-order valence-corrected chi connectivity index (χ3v) is 2.18. The molecule has 0 spiro atoms. The van der Waals surface area contributed by atoms with E-state index in [0.29, 0.717) is 5.75 Å².